The van der Waals surface area contributed by atoms with Crippen LogP contribution in [0.4, 0.5) is 34.6 Å². The molecule has 1 amide bonds. The second kappa shape index (κ2) is 11.0. The van der Waals surface area contributed by atoms with Gasteiger partial charge in [0.25, 0.3) is 0 Å². The minimum absolute atomic E-state index is 0.0702. The van der Waals surface area contributed by atoms with Crippen LogP contribution >= 0.6 is 24.0 Å². The molecular formula is C22H17F4N3O2S2. The fourth-order valence-electron chi connectivity index (χ4n) is 2.70. The first-order chi connectivity index (χ1) is 15.8. The zero-order valence-electron chi connectivity index (χ0n) is 17.0. The number of methoxy groups -OCH3 is 1. The molecule has 0 radical (unpaired) electrons. The lowest BCUT2D eigenvalue weighted by atomic mass is 10.2. The molecule has 0 spiro atoms. The molecule has 3 aromatic rings. The lowest BCUT2D eigenvalue weighted by Gasteiger charge is -2.14. The highest BCUT2D eigenvalue weighted by Gasteiger charge is 2.21. The number of thiocarbonyl (C=S) groups is 1. The standard InChI is InChI=1S/C22H17F4N3O2S2/c1-31-17-8-3-2-7-16(17)28-22(32)27-12-5-4-6-13(9-12)33-11-18(30)29-21-19(25)14(23)10-15(24)20(21)26/h2-10H,11H2,1H3,(H,29,30)(H2,27,28,32). The third kappa shape index (κ3) is 6.36. The van der Waals surface area contributed by atoms with Crippen molar-refractivity contribution in [1.82, 2.24) is 0 Å². The van der Waals surface area contributed by atoms with Gasteiger partial charge in [0.15, 0.2) is 28.4 Å². The Labute approximate surface area is 196 Å². The second-order valence-corrected chi connectivity index (χ2v) is 7.94. The maximum Gasteiger partial charge on any atom is 0.234 e. The lowest BCUT2D eigenvalue weighted by Crippen LogP contribution is -2.19. The second-order valence-electron chi connectivity index (χ2n) is 6.49. The minimum Gasteiger partial charge on any atom is -0.495 e. The minimum atomic E-state index is -1.67. The first-order valence-electron chi connectivity index (χ1n) is 9.35. The van der Waals surface area contributed by atoms with Gasteiger partial charge in [-0.3, -0.25) is 4.79 Å². The van der Waals surface area contributed by atoms with Crippen LogP contribution < -0.4 is 20.7 Å². The summed E-state index contributed by atoms with van der Waals surface area (Å²) in [7, 11) is 1.54. The molecule has 0 unspecified atom stereocenters. The highest BCUT2D eigenvalue weighted by Crippen LogP contribution is 2.27. The predicted molar refractivity (Wildman–Crippen MR) is 125 cm³/mol. The van der Waals surface area contributed by atoms with Crippen LogP contribution in [0.5, 0.6) is 5.75 Å². The van der Waals surface area contributed by atoms with E-state index in [1.54, 1.807) is 43.5 Å². The van der Waals surface area contributed by atoms with Gasteiger partial charge in [0, 0.05) is 16.6 Å². The van der Waals surface area contributed by atoms with E-state index in [9.17, 15) is 22.4 Å². The molecule has 5 nitrogen and oxygen atoms in total. The Bertz CT molecular complexity index is 1170. The van der Waals surface area contributed by atoms with E-state index in [1.165, 1.54) is 0 Å². The first kappa shape index (κ1) is 24.3. The monoisotopic (exact) mass is 495 g/mol. The molecule has 3 N–H and O–H groups in total. The summed E-state index contributed by atoms with van der Waals surface area (Å²) in [5.74, 6) is -7.03. The molecule has 0 saturated carbocycles. The Morgan fingerprint density at radius 1 is 0.939 bits per heavy atom. The maximum absolute atomic E-state index is 13.7. The van der Waals surface area contributed by atoms with E-state index < -0.39 is 34.9 Å². The molecule has 0 aromatic heterocycles. The normalized spacial score (nSPS) is 10.5. The third-order valence-corrected chi connectivity index (χ3v) is 5.39. The lowest BCUT2D eigenvalue weighted by molar-refractivity contribution is -0.113. The molecule has 0 aliphatic rings. The molecule has 3 aromatic carbocycles. The zero-order valence-corrected chi connectivity index (χ0v) is 18.7. The SMILES string of the molecule is COc1ccccc1NC(=S)Nc1cccc(SCC(=O)Nc2c(F)c(F)cc(F)c2F)c1. The summed E-state index contributed by atoms with van der Waals surface area (Å²) in [5.41, 5.74) is 0.131. The number of nitrogens with one attached hydrogen (secondary N) is 3. The average Bonchev–Trinajstić information content (AvgIpc) is 2.79. The Morgan fingerprint density at radius 2 is 1.64 bits per heavy atom. The molecule has 0 aliphatic carbocycles. The fraction of sp³-hybridized carbons (Fsp3) is 0.0909. The van der Waals surface area contributed by atoms with Crippen molar-refractivity contribution in [3.63, 3.8) is 0 Å². The predicted octanol–water partition coefficient (Wildman–Crippen LogP) is 5.79. The van der Waals surface area contributed by atoms with Crippen molar-refractivity contribution < 1.29 is 27.1 Å². The Balaban J connectivity index is 1.59. The summed E-state index contributed by atoms with van der Waals surface area (Å²) in [6, 6.07) is 14.2. The van der Waals surface area contributed by atoms with E-state index >= 15 is 0 Å². The van der Waals surface area contributed by atoms with Gasteiger partial charge in [0.05, 0.1) is 18.6 Å². The van der Waals surface area contributed by atoms with Gasteiger partial charge in [-0.1, -0.05) is 18.2 Å². The zero-order chi connectivity index (χ0) is 24.0. The number of thioether (sulfide) groups is 1. The molecular weight excluding hydrogens is 478 g/mol. The van der Waals surface area contributed by atoms with Crippen LogP contribution in [0.15, 0.2) is 59.5 Å². The van der Waals surface area contributed by atoms with Crippen molar-refractivity contribution in [2.24, 2.45) is 0 Å². The van der Waals surface area contributed by atoms with Crippen molar-refractivity contribution >= 4 is 52.1 Å². The molecule has 172 valence electrons. The highest BCUT2D eigenvalue weighted by molar-refractivity contribution is 8.00. The Morgan fingerprint density at radius 3 is 2.33 bits per heavy atom. The summed E-state index contributed by atoms with van der Waals surface area (Å²) < 4.78 is 59.2. The van der Waals surface area contributed by atoms with Crippen LogP contribution in [0, 0.1) is 23.3 Å². The number of hydrogen-bond donors (Lipinski definition) is 3. The van der Waals surface area contributed by atoms with E-state index in [-0.39, 0.29) is 11.8 Å². The van der Waals surface area contributed by atoms with Crippen LogP contribution in [0.1, 0.15) is 0 Å². The summed E-state index contributed by atoms with van der Waals surface area (Å²) >= 11 is 6.36. The van der Waals surface area contributed by atoms with Crippen molar-refractivity contribution in [1.29, 1.82) is 0 Å². The van der Waals surface area contributed by atoms with Gasteiger partial charge >= 0.3 is 0 Å². The van der Waals surface area contributed by atoms with Gasteiger partial charge in [-0.15, -0.1) is 11.8 Å². The van der Waals surface area contributed by atoms with Crippen LogP contribution in [0.3, 0.4) is 0 Å². The van der Waals surface area contributed by atoms with E-state index in [2.05, 4.69) is 10.6 Å². The van der Waals surface area contributed by atoms with Crippen LogP contribution in [-0.4, -0.2) is 23.9 Å². The quantitative estimate of drug-likeness (QED) is 0.167. The van der Waals surface area contributed by atoms with Gasteiger partial charge in [-0.2, -0.15) is 0 Å². The van der Waals surface area contributed by atoms with E-state index in [4.69, 9.17) is 17.0 Å². The number of para-hydroxylation sites is 2. The summed E-state index contributed by atoms with van der Waals surface area (Å²) in [6.45, 7) is 0. The summed E-state index contributed by atoms with van der Waals surface area (Å²) in [6.07, 6.45) is 0. The molecule has 0 atom stereocenters. The number of amides is 1. The molecule has 0 bridgehead atoms. The number of carbonyl (C=O) groups is 1. The van der Waals surface area contributed by atoms with Gasteiger partial charge < -0.3 is 20.7 Å². The van der Waals surface area contributed by atoms with E-state index in [1.807, 2.05) is 17.4 Å². The summed E-state index contributed by atoms with van der Waals surface area (Å²) in [4.78, 5) is 12.7. The van der Waals surface area contributed by atoms with Crippen molar-refractivity contribution in [2.75, 3.05) is 28.8 Å². The number of ether oxygens (including phenoxy) is 1. The number of hydrogen-bond acceptors (Lipinski definition) is 4. The highest BCUT2D eigenvalue weighted by atomic mass is 32.2. The number of rotatable bonds is 7. The van der Waals surface area contributed by atoms with E-state index in [0.717, 1.165) is 11.8 Å². The smallest absolute Gasteiger partial charge is 0.234 e. The number of anilines is 3. The molecule has 11 heteroatoms. The van der Waals surface area contributed by atoms with Gasteiger partial charge in [0.1, 0.15) is 11.4 Å². The third-order valence-electron chi connectivity index (χ3n) is 4.19. The molecule has 0 saturated heterocycles. The topological polar surface area (TPSA) is 62.4 Å². The van der Waals surface area contributed by atoms with Crippen molar-refractivity contribution in [3.8, 4) is 5.75 Å². The van der Waals surface area contributed by atoms with E-state index in [0.29, 0.717) is 27.1 Å². The van der Waals surface area contributed by atoms with Crippen molar-refractivity contribution in [3.05, 3.63) is 77.9 Å². The van der Waals surface area contributed by atoms with Crippen LogP contribution in [0.2, 0.25) is 0 Å². The largest absolute Gasteiger partial charge is 0.495 e. The number of benzene rings is 3. The average molecular weight is 496 g/mol. The molecule has 0 aliphatic heterocycles. The Hall–Kier alpha value is -3.31. The van der Waals surface area contributed by atoms with Crippen LogP contribution in [-0.2, 0) is 4.79 Å². The number of halogens is 4. The molecule has 0 heterocycles. The van der Waals surface area contributed by atoms with Gasteiger partial charge in [0.2, 0.25) is 5.91 Å². The summed E-state index contributed by atoms with van der Waals surface area (Å²) in [5, 5.41) is 8.20. The maximum atomic E-state index is 13.7. The fourth-order valence-corrected chi connectivity index (χ4v) is 3.69. The van der Waals surface area contributed by atoms with Crippen molar-refractivity contribution in [2.45, 2.75) is 4.90 Å². The van der Waals surface area contributed by atoms with Gasteiger partial charge in [-0.05, 0) is 42.5 Å². The molecule has 0 fully saturated rings. The molecule has 33 heavy (non-hydrogen) atoms. The molecule has 3 rings (SSSR count). The van der Waals surface area contributed by atoms with Crippen LogP contribution in [0.25, 0.3) is 0 Å². The Kier molecular flexibility index (Phi) is 8.12. The first-order valence-corrected chi connectivity index (χ1v) is 10.7. The number of carbonyl (C=O) groups excluding carboxylic acids is 1. The van der Waals surface area contributed by atoms with Gasteiger partial charge in [-0.25, -0.2) is 17.6 Å².